The Balaban J connectivity index is 2.61. The van der Waals surface area contributed by atoms with Gasteiger partial charge in [0.25, 0.3) is 5.91 Å². The Labute approximate surface area is 118 Å². The van der Waals surface area contributed by atoms with Gasteiger partial charge in [-0.15, -0.1) is 0 Å². The molecule has 1 amide bonds. The Kier molecular flexibility index (Phi) is 5.79. The molecule has 0 saturated carbocycles. The van der Waals surface area contributed by atoms with Gasteiger partial charge in [0.1, 0.15) is 5.75 Å². The predicted octanol–water partition coefficient (Wildman–Crippen LogP) is 0.795. The average Bonchev–Trinajstić information content (AvgIpc) is 2.42. The van der Waals surface area contributed by atoms with E-state index in [4.69, 9.17) is 15.2 Å². The van der Waals surface area contributed by atoms with Gasteiger partial charge in [-0.2, -0.15) is 0 Å². The zero-order chi connectivity index (χ0) is 15.2. The number of carbonyl (C=O) groups is 1. The van der Waals surface area contributed by atoms with Crippen LogP contribution in [-0.2, 0) is 4.74 Å². The van der Waals surface area contributed by atoms with Gasteiger partial charge in [0.2, 0.25) is 0 Å². The maximum absolute atomic E-state index is 12.0. The lowest BCUT2D eigenvalue weighted by Crippen LogP contribution is -2.41. The summed E-state index contributed by atoms with van der Waals surface area (Å²) in [6, 6.07) is 4.79. The molecule has 112 valence electrons. The fraction of sp³-hybridized carbons (Fsp3) is 0.500. The molecule has 0 aromatic heterocycles. The van der Waals surface area contributed by atoms with E-state index < -0.39 is 5.60 Å². The smallest absolute Gasteiger partial charge is 0.251 e. The van der Waals surface area contributed by atoms with Crippen molar-refractivity contribution in [2.24, 2.45) is 0 Å². The molecule has 6 heteroatoms. The highest BCUT2D eigenvalue weighted by atomic mass is 16.5. The molecule has 1 unspecified atom stereocenters. The quantitative estimate of drug-likeness (QED) is 0.643. The third-order valence-corrected chi connectivity index (χ3v) is 2.97. The van der Waals surface area contributed by atoms with Gasteiger partial charge in [-0.3, -0.25) is 4.79 Å². The van der Waals surface area contributed by atoms with Crippen LogP contribution in [0, 0.1) is 0 Å². The van der Waals surface area contributed by atoms with Gasteiger partial charge in [-0.25, -0.2) is 0 Å². The highest BCUT2D eigenvalue weighted by Gasteiger charge is 2.21. The number of ether oxygens (including phenoxy) is 2. The lowest BCUT2D eigenvalue weighted by Gasteiger charge is -2.23. The number of nitrogens with two attached hydrogens (primary N) is 1. The first kappa shape index (κ1) is 16.3. The van der Waals surface area contributed by atoms with Gasteiger partial charge in [0.15, 0.2) is 0 Å². The fourth-order valence-electron chi connectivity index (χ4n) is 1.66. The fourth-order valence-corrected chi connectivity index (χ4v) is 1.66. The number of aliphatic hydroxyl groups is 1. The molecule has 20 heavy (non-hydrogen) atoms. The number of methoxy groups -OCH3 is 2. The number of benzene rings is 1. The van der Waals surface area contributed by atoms with Crippen LogP contribution in [0.25, 0.3) is 0 Å². The summed E-state index contributed by atoms with van der Waals surface area (Å²) in [5.41, 5.74) is 5.55. The minimum Gasteiger partial charge on any atom is -0.495 e. The van der Waals surface area contributed by atoms with Crippen LogP contribution >= 0.6 is 0 Å². The number of amides is 1. The van der Waals surface area contributed by atoms with E-state index in [9.17, 15) is 9.90 Å². The van der Waals surface area contributed by atoms with Crippen molar-refractivity contribution in [1.82, 2.24) is 5.32 Å². The molecule has 1 atom stereocenters. The molecule has 0 bridgehead atoms. The normalized spacial score (nSPS) is 13.6. The molecule has 1 aromatic carbocycles. The van der Waals surface area contributed by atoms with Gasteiger partial charge in [-0.1, -0.05) is 0 Å². The molecular weight excluding hydrogens is 260 g/mol. The molecule has 0 aliphatic rings. The molecule has 4 N–H and O–H groups in total. The van der Waals surface area contributed by atoms with Crippen molar-refractivity contribution in [3.8, 4) is 5.75 Å². The van der Waals surface area contributed by atoms with Crippen molar-refractivity contribution < 1.29 is 19.4 Å². The second kappa shape index (κ2) is 7.12. The summed E-state index contributed by atoms with van der Waals surface area (Å²) in [6.45, 7) is 2.22. The van der Waals surface area contributed by atoms with Gasteiger partial charge in [-0.05, 0) is 25.1 Å². The zero-order valence-electron chi connectivity index (χ0n) is 12.1. The third-order valence-electron chi connectivity index (χ3n) is 2.97. The van der Waals surface area contributed by atoms with Crippen molar-refractivity contribution in [3.05, 3.63) is 23.8 Å². The molecule has 0 saturated heterocycles. The zero-order valence-corrected chi connectivity index (χ0v) is 12.1. The first-order chi connectivity index (χ1) is 9.39. The Morgan fingerprint density at radius 1 is 1.45 bits per heavy atom. The molecule has 0 aliphatic carbocycles. The van der Waals surface area contributed by atoms with Crippen LogP contribution in [0.15, 0.2) is 18.2 Å². The van der Waals surface area contributed by atoms with Crippen molar-refractivity contribution >= 4 is 11.6 Å². The Bertz CT molecular complexity index is 460. The van der Waals surface area contributed by atoms with E-state index in [1.165, 1.54) is 13.2 Å². The SMILES string of the molecule is COCCC(C)(O)CNC(=O)c1ccc(OC)c(N)c1. The average molecular weight is 282 g/mol. The van der Waals surface area contributed by atoms with Crippen molar-refractivity contribution in [1.29, 1.82) is 0 Å². The Morgan fingerprint density at radius 3 is 2.70 bits per heavy atom. The van der Waals surface area contributed by atoms with Gasteiger partial charge >= 0.3 is 0 Å². The summed E-state index contributed by atoms with van der Waals surface area (Å²) in [4.78, 5) is 12.0. The van der Waals surface area contributed by atoms with Crippen LogP contribution in [0.3, 0.4) is 0 Å². The van der Waals surface area contributed by atoms with Gasteiger partial charge < -0.3 is 25.6 Å². The lowest BCUT2D eigenvalue weighted by molar-refractivity contribution is 0.0243. The number of nitrogens with one attached hydrogen (secondary N) is 1. The minimum atomic E-state index is -1.01. The molecule has 0 fully saturated rings. The largest absolute Gasteiger partial charge is 0.495 e. The van der Waals surface area contributed by atoms with E-state index in [0.29, 0.717) is 30.0 Å². The third kappa shape index (κ3) is 4.71. The standard InChI is InChI=1S/C14H22N2O4/c1-14(18,6-7-19-2)9-16-13(17)10-4-5-12(20-3)11(15)8-10/h4-5,8,18H,6-7,9,15H2,1-3H3,(H,16,17). The Morgan fingerprint density at radius 2 is 2.15 bits per heavy atom. The Hall–Kier alpha value is -1.79. The van der Waals surface area contributed by atoms with E-state index in [1.54, 1.807) is 26.2 Å². The highest BCUT2D eigenvalue weighted by molar-refractivity contribution is 5.95. The van der Waals surface area contributed by atoms with E-state index in [0.717, 1.165) is 0 Å². The maximum Gasteiger partial charge on any atom is 0.251 e. The predicted molar refractivity (Wildman–Crippen MR) is 76.9 cm³/mol. The lowest BCUT2D eigenvalue weighted by atomic mass is 10.0. The first-order valence-corrected chi connectivity index (χ1v) is 6.32. The monoisotopic (exact) mass is 282 g/mol. The van der Waals surface area contributed by atoms with Gasteiger partial charge in [0, 0.05) is 32.2 Å². The van der Waals surface area contributed by atoms with Crippen LogP contribution in [0.2, 0.25) is 0 Å². The van der Waals surface area contributed by atoms with E-state index >= 15 is 0 Å². The van der Waals surface area contributed by atoms with Crippen LogP contribution in [-0.4, -0.2) is 44.0 Å². The number of anilines is 1. The number of nitrogen functional groups attached to an aromatic ring is 1. The van der Waals surface area contributed by atoms with Gasteiger partial charge in [0.05, 0.1) is 18.4 Å². The number of rotatable bonds is 7. The summed E-state index contributed by atoms with van der Waals surface area (Å²) in [5.74, 6) is 0.227. The molecule has 0 radical (unpaired) electrons. The van der Waals surface area contributed by atoms with Crippen molar-refractivity contribution in [3.63, 3.8) is 0 Å². The molecule has 6 nitrogen and oxygen atoms in total. The molecule has 0 heterocycles. The van der Waals surface area contributed by atoms with Crippen molar-refractivity contribution in [2.75, 3.05) is 33.1 Å². The van der Waals surface area contributed by atoms with E-state index in [2.05, 4.69) is 5.32 Å². The summed E-state index contributed by atoms with van der Waals surface area (Å²) in [7, 11) is 3.08. The van der Waals surface area contributed by atoms with Crippen molar-refractivity contribution in [2.45, 2.75) is 18.9 Å². The van der Waals surface area contributed by atoms with E-state index in [1.807, 2.05) is 0 Å². The number of carbonyl (C=O) groups excluding carboxylic acids is 1. The minimum absolute atomic E-state index is 0.140. The molecule has 0 aliphatic heterocycles. The summed E-state index contributed by atoms with van der Waals surface area (Å²) < 4.78 is 9.93. The highest BCUT2D eigenvalue weighted by Crippen LogP contribution is 2.21. The topological polar surface area (TPSA) is 93.8 Å². The summed E-state index contributed by atoms with van der Waals surface area (Å²) in [6.07, 6.45) is 0.439. The van der Waals surface area contributed by atoms with E-state index in [-0.39, 0.29) is 12.5 Å². The summed E-state index contributed by atoms with van der Waals surface area (Å²) in [5, 5.41) is 12.7. The molecular formula is C14H22N2O4. The number of hydrogen-bond donors (Lipinski definition) is 3. The second-order valence-corrected chi connectivity index (χ2v) is 4.88. The maximum atomic E-state index is 12.0. The van der Waals surface area contributed by atoms with Crippen LogP contribution in [0.4, 0.5) is 5.69 Å². The van der Waals surface area contributed by atoms with Crippen LogP contribution in [0.1, 0.15) is 23.7 Å². The second-order valence-electron chi connectivity index (χ2n) is 4.88. The van der Waals surface area contributed by atoms with Crippen LogP contribution < -0.4 is 15.8 Å². The van der Waals surface area contributed by atoms with Crippen LogP contribution in [0.5, 0.6) is 5.75 Å². The molecule has 1 rings (SSSR count). The summed E-state index contributed by atoms with van der Waals surface area (Å²) >= 11 is 0. The number of hydrogen-bond acceptors (Lipinski definition) is 5. The molecule has 1 aromatic rings. The molecule has 0 spiro atoms. The first-order valence-electron chi connectivity index (χ1n) is 6.32.